The van der Waals surface area contributed by atoms with Gasteiger partial charge in [-0.15, -0.1) is 0 Å². The SMILES string of the molecule is C=CC=C.C=Cc1ccc(Cl)cc1. The third-order valence-corrected chi connectivity index (χ3v) is 1.52. The molecule has 0 aliphatic heterocycles. The van der Waals surface area contributed by atoms with Crippen molar-refractivity contribution in [3.63, 3.8) is 0 Å². The first-order valence-electron chi connectivity index (χ1n) is 3.86. The van der Waals surface area contributed by atoms with Crippen LogP contribution in [0.5, 0.6) is 0 Å². The number of hydrogen-bond acceptors (Lipinski definition) is 0. The summed E-state index contributed by atoms with van der Waals surface area (Å²) in [6, 6.07) is 7.54. The minimum Gasteiger partial charge on any atom is -0.0991 e. The van der Waals surface area contributed by atoms with Gasteiger partial charge in [-0.05, 0) is 17.7 Å². The van der Waals surface area contributed by atoms with Crippen molar-refractivity contribution in [3.05, 3.63) is 66.7 Å². The summed E-state index contributed by atoms with van der Waals surface area (Å²) in [5, 5.41) is 0.764. The fourth-order valence-corrected chi connectivity index (χ4v) is 0.725. The second-order valence-corrected chi connectivity index (χ2v) is 2.66. The Kier molecular flexibility index (Phi) is 6.66. The molecule has 0 aliphatic rings. The molecular formula is C12H13Cl. The lowest BCUT2D eigenvalue weighted by molar-refractivity contribution is 1.66. The molecule has 1 rings (SSSR count). The summed E-state index contributed by atoms with van der Waals surface area (Å²) in [6.45, 7) is 10.3. The van der Waals surface area contributed by atoms with Crippen LogP contribution in [-0.4, -0.2) is 0 Å². The van der Waals surface area contributed by atoms with E-state index in [1.165, 1.54) is 0 Å². The maximum atomic E-state index is 5.63. The highest BCUT2D eigenvalue weighted by Crippen LogP contribution is 2.09. The molecule has 0 aromatic heterocycles. The number of allylic oxidation sites excluding steroid dienone is 2. The van der Waals surface area contributed by atoms with Crippen LogP contribution >= 0.6 is 11.6 Å². The van der Waals surface area contributed by atoms with Crippen molar-refractivity contribution < 1.29 is 0 Å². The van der Waals surface area contributed by atoms with Crippen LogP contribution in [0.25, 0.3) is 6.08 Å². The van der Waals surface area contributed by atoms with Crippen molar-refractivity contribution in [1.82, 2.24) is 0 Å². The second-order valence-electron chi connectivity index (χ2n) is 2.23. The zero-order valence-corrected chi connectivity index (χ0v) is 8.30. The third-order valence-electron chi connectivity index (χ3n) is 1.27. The molecule has 0 atom stereocenters. The summed E-state index contributed by atoms with van der Waals surface area (Å²) in [5.41, 5.74) is 1.10. The molecule has 0 heterocycles. The molecule has 0 saturated carbocycles. The van der Waals surface area contributed by atoms with Gasteiger partial charge in [-0.1, -0.05) is 61.7 Å². The van der Waals surface area contributed by atoms with Crippen molar-refractivity contribution in [2.45, 2.75) is 0 Å². The molecule has 0 saturated heterocycles. The minimum absolute atomic E-state index is 0.764. The first kappa shape index (κ1) is 11.7. The van der Waals surface area contributed by atoms with Crippen LogP contribution in [0, 0.1) is 0 Å². The summed E-state index contributed by atoms with van der Waals surface area (Å²) in [7, 11) is 0. The maximum absolute atomic E-state index is 5.63. The average molecular weight is 193 g/mol. The van der Waals surface area contributed by atoms with Crippen LogP contribution in [0.1, 0.15) is 5.56 Å². The van der Waals surface area contributed by atoms with Gasteiger partial charge in [0.1, 0.15) is 0 Å². The van der Waals surface area contributed by atoms with E-state index in [1.54, 1.807) is 18.2 Å². The molecule has 0 bridgehead atoms. The van der Waals surface area contributed by atoms with E-state index in [9.17, 15) is 0 Å². The maximum Gasteiger partial charge on any atom is 0.0406 e. The fourth-order valence-electron chi connectivity index (χ4n) is 0.599. The van der Waals surface area contributed by atoms with Crippen LogP contribution in [0.15, 0.2) is 56.2 Å². The molecular weight excluding hydrogens is 180 g/mol. The summed E-state index contributed by atoms with van der Waals surface area (Å²) in [4.78, 5) is 0. The lowest BCUT2D eigenvalue weighted by Gasteiger charge is -1.89. The zero-order chi connectivity index (χ0) is 10.1. The Morgan fingerprint density at radius 1 is 0.923 bits per heavy atom. The lowest BCUT2D eigenvalue weighted by Crippen LogP contribution is -1.67. The summed E-state index contributed by atoms with van der Waals surface area (Å²) < 4.78 is 0. The number of rotatable bonds is 2. The van der Waals surface area contributed by atoms with E-state index < -0.39 is 0 Å². The molecule has 0 N–H and O–H groups in total. The molecule has 0 nitrogen and oxygen atoms in total. The van der Waals surface area contributed by atoms with E-state index in [0.717, 1.165) is 10.6 Å². The van der Waals surface area contributed by atoms with Crippen molar-refractivity contribution in [2.24, 2.45) is 0 Å². The van der Waals surface area contributed by atoms with Crippen molar-refractivity contribution in [1.29, 1.82) is 0 Å². The standard InChI is InChI=1S/C8H7Cl.C4H6/c1-2-7-3-5-8(9)6-4-7;1-3-4-2/h2-6H,1H2;3-4H,1-2H2. The second kappa shape index (κ2) is 7.38. The van der Waals surface area contributed by atoms with Gasteiger partial charge in [-0.2, -0.15) is 0 Å². The predicted molar refractivity (Wildman–Crippen MR) is 61.9 cm³/mol. The summed E-state index contributed by atoms with van der Waals surface area (Å²) in [5.74, 6) is 0. The molecule has 0 unspecified atom stereocenters. The molecule has 0 radical (unpaired) electrons. The van der Waals surface area contributed by atoms with Gasteiger partial charge >= 0.3 is 0 Å². The molecule has 13 heavy (non-hydrogen) atoms. The Hall–Kier alpha value is -1.27. The van der Waals surface area contributed by atoms with Crippen LogP contribution < -0.4 is 0 Å². The predicted octanol–water partition coefficient (Wildman–Crippen LogP) is 4.34. The largest absolute Gasteiger partial charge is 0.0991 e. The minimum atomic E-state index is 0.764. The van der Waals surface area contributed by atoms with Gasteiger partial charge in [-0.25, -0.2) is 0 Å². The molecule has 0 fully saturated rings. The topological polar surface area (TPSA) is 0 Å². The van der Waals surface area contributed by atoms with Crippen molar-refractivity contribution in [3.8, 4) is 0 Å². The highest BCUT2D eigenvalue weighted by atomic mass is 35.5. The Morgan fingerprint density at radius 2 is 1.38 bits per heavy atom. The monoisotopic (exact) mass is 192 g/mol. The van der Waals surface area contributed by atoms with E-state index in [4.69, 9.17) is 11.6 Å². The quantitative estimate of drug-likeness (QED) is 0.612. The van der Waals surface area contributed by atoms with Gasteiger partial charge in [0, 0.05) is 5.02 Å². The molecule has 0 aliphatic carbocycles. The van der Waals surface area contributed by atoms with E-state index >= 15 is 0 Å². The van der Waals surface area contributed by atoms with E-state index in [1.807, 2.05) is 24.3 Å². The van der Waals surface area contributed by atoms with Crippen LogP contribution in [-0.2, 0) is 0 Å². The Balaban J connectivity index is 0.000000310. The third kappa shape index (κ3) is 5.94. The Morgan fingerprint density at radius 3 is 1.69 bits per heavy atom. The number of halogens is 1. The Bertz CT molecular complexity index is 264. The van der Waals surface area contributed by atoms with Gasteiger partial charge in [0.2, 0.25) is 0 Å². The molecule has 68 valence electrons. The molecule has 1 aromatic rings. The number of benzene rings is 1. The van der Waals surface area contributed by atoms with Gasteiger partial charge in [0.25, 0.3) is 0 Å². The molecule has 1 aromatic carbocycles. The van der Waals surface area contributed by atoms with Gasteiger partial charge in [-0.3, -0.25) is 0 Å². The van der Waals surface area contributed by atoms with E-state index in [2.05, 4.69) is 19.7 Å². The Labute approximate surface area is 84.9 Å². The first-order valence-corrected chi connectivity index (χ1v) is 4.24. The van der Waals surface area contributed by atoms with E-state index in [0.29, 0.717) is 0 Å². The van der Waals surface area contributed by atoms with Crippen LogP contribution in [0.4, 0.5) is 0 Å². The summed E-state index contributed by atoms with van der Waals surface area (Å²) >= 11 is 5.63. The van der Waals surface area contributed by atoms with Crippen molar-refractivity contribution >= 4 is 17.7 Å². The van der Waals surface area contributed by atoms with Crippen LogP contribution in [0.2, 0.25) is 5.02 Å². The number of hydrogen-bond donors (Lipinski definition) is 0. The smallest absolute Gasteiger partial charge is 0.0406 e. The first-order chi connectivity index (χ1) is 6.24. The van der Waals surface area contributed by atoms with Crippen molar-refractivity contribution in [2.75, 3.05) is 0 Å². The highest BCUT2D eigenvalue weighted by Gasteiger charge is 1.84. The fraction of sp³-hybridized carbons (Fsp3) is 0. The van der Waals surface area contributed by atoms with Gasteiger partial charge in [0.05, 0.1) is 0 Å². The lowest BCUT2D eigenvalue weighted by atomic mass is 10.2. The normalized spacial score (nSPS) is 7.77. The summed E-state index contributed by atoms with van der Waals surface area (Å²) in [6.07, 6.45) is 5.07. The highest BCUT2D eigenvalue weighted by molar-refractivity contribution is 6.30. The zero-order valence-electron chi connectivity index (χ0n) is 7.54. The van der Waals surface area contributed by atoms with Crippen LogP contribution in [0.3, 0.4) is 0 Å². The molecule has 1 heteroatoms. The van der Waals surface area contributed by atoms with Gasteiger partial charge < -0.3 is 0 Å². The van der Waals surface area contributed by atoms with E-state index in [-0.39, 0.29) is 0 Å². The molecule has 0 amide bonds. The van der Waals surface area contributed by atoms with Gasteiger partial charge in [0.15, 0.2) is 0 Å². The average Bonchev–Trinajstić information content (AvgIpc) is 2.19. The molecule has 0 spiro atoms.